The van der Waals surface area contributed by atoms with Crippen LogP contribution in [0.2, 0.25) is 0 Å². The molecular formula is C14H21N3S. The molecule has 0 spiro atoms. The van der Waals surface area contributed by atoms with E-state index < -0.39 is 0 Å². The van der Waals surface area contributed by atoms with Crippen LogP contribution in [0.5, 0.6) is 0 Å². The molecule has 0 amide bonds. The van der Waals surface area contributed by atoms with Crippen LogP contribution in [0.4, 0.5) is 0 Å². The lowest BCUT2D eigenvalue weighted by atomic mass is 9.99. The second-order valence-electron chi connectivity index (χ2n) is 5.22. The molecule has 1 N–H and O–H groups in total. The van der Waals surface area contributed by atoms with Crippen LogP contribution in [0, 0.1) is 12.8 Å². The smallest absolute Gasteiger partial charge is 0.127 e. The summed E-state index contributed by atoms with van der Waals surface area (Å²) in [6.45, 7) is 6.64. The van der Waals surface area contributed by atoms with Gasteiger partial charge in [0.1, 0.15) is 11.2 Å². The minimum Gasteiger partial charge on any atom is -0.317 e. The van der Waals surface area contributed by atoms with E-state index in [2.05, 4.69) is 42.1 Å². The van der Waals surface area contributed by atoms with Crippen molar-refractivity contribution < 1.29 is 0 Å². The van der Waals surface area contributed by atoms with Gasteiger partial charge in [0, 0.05) is 22.7 Å². The van der Waals surface area contributed by atoms with Gasteiger partial charge < -0.3 is 5.32 Å². The van der Waals surface area contributed by atoms with Crippen molar-refractivity contribution in [2.24, 2.45) is 5.92 Å². The van der Waals surface area contributed by atoms with Crippen LogP contribution in [0.1, 0.15) is 30.8 Å². The molecule has 0 saturated heterocycles. The highest BCUT2D eigenvalue weighted by atomic mass is 32.1. The van der Waals surface area contributed by atoms with Crippen LogP contribution in [0.15, 0.2) is 12.4 Å². The number of nitrogens with one attached hydrogen (secondary N) is 1. The number of rotatable bonds is 5. The van der Waals surface area contributed by atoms with Crippen molar-refractivity contribution in [3.8, 4) is 0 Å². The summed E-state index contributed by atoms with van der Waals surface area (Å²) >= 11 is 1.74. The Labute approximate surface area is 113 Å². The van der Waals surface area contributed by atoms with E-state index in [1.165, 1.54) is 22.4 Å². The number of aromatic nitrogens is 2. The second-order valence-corrected chi connectivity index (χ2v) is 6.45. The van der Waals surface area contributed by atoms with Gasteiger partial charge in [0.25, 0.3) is 0 Å². The summed E-state index contributed by atoms with van der Waals surface area (Å²) in [5.74, 6) is 0.698. The summed E-state index contributed by atoms with van der Waals surface area (Å²) in [6.07, 6.45) is 3.84. The lowest BCUT2D eigenvalue weighted by Gasteiger charge is -2.18. The summed E-state index contributed by atoms with van der Waals surface area (Å²) in [7, 11) is 2.03. The van der Waals surface area contributed by atoms with Crippen molar-refractivity contribution in [1.82, 2.24) is 15.3 Å². The number of aryl methyl sites for hydroxylation is 1. The van der Waals surface area contributed by atoms with Crippen LogP contribution in [-0.4, -0.2) is 23.1 Å². The van der Waals surface area contributed by atoms with E-state index in [-0.39, 0.29) is 0 Å². The summed E-state index contributed by atoms with van der Waals surface area (Å²) in [6, 6.07) is 2.69. The Morgan fingerprint density at radius 3 is 2.78 bits per heavy atom. The topological polar surface area (TPSA) is 37.8 Å². The predicted octanol–water partition coefficient (Wildman–Crippen LogP) is 3.18. The van der Waals surface area contributed by atoms with E-state index in [0.717, 1.165) is 11.3 Å². The minimum absolute atomic E-state index is 0.489. The summed E-state index contributed by atoms with van der Waals surface area (Å²) < 4.78 is 0. The van der Waals surface area contributed by atoms with Gasteiger partial charge in [0.2, 0.25) is 0 Å². The van der Waals surface area contributed by atoms with Crippen LogP contribution < -0.4 is 5.32 Å². The van der Waals surface area contributed by atoms with E-state index >= 15 is 0 Å². The Bertz CT molecular complexity index is 519. The third-order valence-corrected chi connectivity index (χ3v) is 4.10. The van der Waals surface area contributed by atoms with Gasteiger partial charge in [-0.05, 0) is 32.4 Å². The molecule has 2 heterocycles. The van der Waals surface area contributed by atoms with E-state index in [1.54, 1.807) is 17.7 Å². The largest absolute Gasteiger partial charge is 0.317 e. The summed E-state index contributed by atoms with van der Waals surface area (Å²) in [4.78, 5) is 11.2. The second kappa shape index (κ2) is 5.76. The Morgan fingerprint density at radius 2 is 2.11 bits per heavy atom. The molecule has 2 rings (SSSR count). The molecular weight excluding hydrogens is 242 g/mol. The third-order valence-electron chi connectivity index (χ3n) is 3.14. The molecule has 4 heteroatoms. The first kappa shape index (κ1) is 13.4. The number of likely N-dealkylation sites (N-methyl/N-ethyl adjacent to an activating group) is 1. The molecule has 1 unspecified atom stereocenters. The van der Waals surface area contributed by atoms with Crippen LogP contribution in [0.25, 0.3) is 10.2 Å². The quantitative estimate of drug-likeness (QED) is 0.900. The van der Waals surface area contributed by atoms with Gasteiger partial charge in [-0.2, -0.15) is 0 Å². The summed E-state index contributed by atoms with van der Waals surface area (Å²) in [5.41, 5.74) is 1.17. The number of fused-ring (bicyclic) bond motifs is 1. The molecule has 0 saturated carbocycles. The van der Waals surface area contributed by atoms with Crippen molar-refractivity contribution in [3.05, 3.63) is 23.0 Å². The standard InChI is InChI=1S/C14H21N3S/c1-9(2)5-11(15-4)7-13-12-6-10(3)18-14(12)17-8-16-13/h6,8-9,11,15H,5,7H2,1-4H3. The Morgan fingerprint density at radius 1 is 1.33 bits per heavy atom. The van der Waals surface area contributed by atoms with Crippen molar-refractivity contribution in [3.63, 3.8) is 0 Å². The lowest BCUT2D eigenvalue weighted by molar-refractivity contribution is 0.439. The van der Waals surface area contributed by atoms with Crippen molar-refractivity contribution in [2.45, 2.75) is 39.7 Å². The predicted molar refractivity (Wildman–Crippen MR) is 78.2 cm³/mol. The van der Waals surface area contributed by atoms with Crippen LogP contribution >= 0.6 is 11.3 Å². The average molecular weight is 263 g/mol. The minimum atomic E-state index is 0.489. The van der Waals surface area contributed by atoms with Crippen molar-refractivity contribution in [2.75, 3.05) is 7.05 Å². The molecule has 0 aliphatic carbocycles. The van der Waals surface area contributed by atoms with Crippen LogP contribution in [-0.2, 0) is 6.42 Å². The Kier molecular flexibility index (Phi) is 4.30. The van der Waals surface area contributed by atoms with Gasteiger partial charge >= 0.3 is 0 Å². The molecule has 1 atom stereocenters. The first-order valence-corrected chi connectivity index (χ1v) is 7.29. The van der Waals surface area contributed by atoms with Crippen molar-refractivity contribution >= 4 is 21.6 Å². The lowest BCUT2D eigenvalue weighted by Crippen LogP contribution is -2.29. The average Bonchev–Trinajstić information content (AvgIpc) is 2.69. The number of thiophene rings is 1. The van der Waals surface area contributed by atoms with E-state index in [4.69, 9.17) is 0 Å². The molecule has 0 fully saturated rings. The molecule has 0 radical (unpaired) electrons. The maximum atomic E-state index is 4.47. The third kappa shape index (κ3) is 3.06. The molecule has 98 valence electrons. The zero-order chi connectivity index (χ0) is 13.1. The molecule has 0 aliphatic rings. The number of hydrogen-bond donors (Lipinski definition) is 1. The molecule has 3 nitrogen and oxygen atoms in total. The molecule has 2 aromatic rings. The summed E-state index contributed by atoms with van der Waals surface area (Å²) in [5, 5.41) is 4.62. The highest BCUT2D eigenvalue weighted by molar-refractivity contribution is 7.18. The van der Waals surface area contributed by atoms with Gasteiger partial charge in [-0.1, -0.05) is 13.8 Å². The number of nitrogens with zero attached hydrogens (tertiary/aromatic N) is 2. The highest BCUT2D eigenvalue weighted by Crippen LogP contribution is 2.25. The highest BCUT2D eigenvalue weighted by Gasteiger charge is 2.13. The zero-order valence-corrected chi connectivity index (χ0v) is 12.3. The fourth-order valence-electron chi connectivity index (χ4n) is 2.29. The van der Waals surface area contributed by atoms with Gasteiger partial charge in [-0.3, -0.25) is 0 Å². The Balaban J connectivity index is 2.24. The SMILES string of the molecule is CNC(Cc1ncnc2sc(C)cc12)CC(C)C. The van der Waals surface area contributed by atoms with Gasteiger partial charge in [-0.15, -0.1) is 11.3 Å². The maximum Gasteiger partial charge on any atom is 0.127 e. The fourth-order valence-corrected chi connectivity index (χ4v) is 3.16. The first-order valence-electron chi connectivity index (χ1n) is 6.47. The zero-order valence-electron chi connectivity index (χ0n) is 11.5. The van der Waals surface area contributed by atoms with Gasteiger partial charge in [0.15, 0.2) is 0 Å². The van der Waals surface area contributed by atoms with Crippen molar-refractivity contribution in [1.29, 1.82) is 0 Å². The molecule has 0 aliphatic heterocycles. The molecule has 18 heavy (non-hydrogen) atoms. The van der Waals surface area contributed by atoms with Gasteiger partial charge in [0.05, 0.1) is 5.69 Å². The maximum absolute atomic E-state index is 4.47. The van der Waals surface area contributed by atoms with E-state index in [1.807, 2.05) is 7.05 Å². The first-order chi connectivity index (χ1) is 8.60. The van der Waals surface area contributed by atoms with E-state index in [0.29, 0.717) is 12.0 Å². The monoisotopic (exact) mass is 263 g/mol. The van der Waals surface area contributed by atoms with Gasteiger partial charge in [-0.25, -0.2) is 9.97 Å². The van der Waals surface area contributed by atoms with Crippen LogP contribution in [0.3, 0.4) is 0 Å². The normalized spacial score (nSPS) is 13.4. The Hall–Kier alpha value is -1.00. The fraction of sp³-hybridized carbons (Fsp3) is 0.571. The van der Waals surface area contributed by atoms with E-state index in [9.17, 15) is 0 Å². The number of hydrogen-bond acceptors (Lipinski definition) is 4. The molecule has 0 aromatic carbocycles. The molecule has 0 bridgehead atoms. The molecule has 2 aromatic heterocycles.